The van der Waals surface area contributed by atoms with E-state index in [0.717, 1.165) is 56.6 Å². The van der Waals surface area contributed by atoms with Crippen molar-refractivity contribution >= 4 is 23.2 Å². The molecule has 0 spiro atoms. The van der Waals surface area contributed by atoms with Crippen molar-refractivity contribution in [2.75, 3.05) is 19.6 Å². The zero-order chi connectivity index (χ0) is 16.4. The van der Waals surface area contributed by atoms with E-state index in [1.807, 2.05) is 11.0 Å². The Kier molecular flexibility index (Phi) is 5.05. The number of carbonyl (C=O) groups excluding carboxylic acids is 2. The molecule has 3 rings (SSSR count). The van der Waals surface area contributed by atoms with E-state index in [-0.39, 0.29) is 17.7 Å². The molecule has 23 heavy (non-hydrogen) atoms. The first-order valence-corrected chi connectivity index (χ1v) is 9.55. The highest BCUT2D eigenvalue weighted by molar-refractivity contribution is 7.14. The molecule has 1 aromatic rings. The van der Waals surface area contributed by atoms with Gasteiger partial charge in [-0.2, -0.15) is 0 Å². The number of fused-ring (bicyclic) bond motifs is 1. The zero-order valence-corrected chi connectivity index (χ0v) is 14.9. The normalized spacial score (nSPS) is 20.7. The van der Waals surface area contributed by atoms with Gasteiger partial charge in [0.15, 0.2) is 0 Å². The van der Waals surface area contributed by atoms with E-state index in [1.54, 1.807) is 11.3 Å². The molecule has 1 atom stereocenters. The molecule has 1 saturated heterocycles. The number of nitrogens with zero attached hydrogens (tertiary/aromatic N) is 1. The summed E-state index contributed by atoms with van der Waals surface area (Å²) in [6.07, 6.45) is 4.84. The monoisotopic (exact) mass is 334 g/mol. The first-order chi connectivity index (χ1) is 11.0. The average Bonchev–Trinajstić information content (AvgIpc) is 3.20. The number of nitrogens with one attached hydrogen (secondary N) is 1. The number of hydrogen-bond acceptors (Lipinski definition) is 3. The van der Waals surface area contributed by atoms with Crippen molar-refractivity contribution in [3.63, 3.8) is 0 Å². The number of aryl methyl sites for hydroxylation is 1. The van der Waals surface area contributed by atoms with Crippen molar-refractivity contribution in [3.05, 3.63) is 21.4 Å². The molecule has 2 heterocycles. The second-order valence-corrected chi connectivity index (χ2v) is 8.27. The molecule has 1 fully saturated rings. The van der Waals surface area contributed by atoms with Crippen molar-refractivity contribution in [1.82, 2.24) is 10.2 Å². The predicted octanol–water partition coefficient (Wildman–Crippen LogP) is 2.86. The van der Waals surface area contributed by atoms with Crippen molar-refractivity contribution in [3.8, 4) is 0 Å². The smallest absolute Gasteiger partial charge is 0.263 e. The van der Waals surface area contributed by atoms with E-state index >= 15 is 0 Å². The lowest BCUT2D eigenvalue weighted by Crippen LogP contribution is -2.35. The molecule has 1 aliphatic carbocycles. The van der Waals surface area contributed by atoms with Gasteiger partial charge < -0.3 is 10.2 Å². The van der Waals surface area contributed by atoms with Crippen LogP contribution in [-0.4, -0.2) is 36.3 Å². The van der Waals surface area contributed by atoms with Crippen molar-refractivity contribution < 1.29 is 9.59 Å². The van der Waals surface area contributed by atoms with Crippen LogP contribution in [0, 0.1) is 11.8 Å². The molecule has 0 saturated carbocycles. The maximum Gasteiger partial charge on any atom is 0.263 e. The Morgan fingerprint density at radius 2 is 2.09 bits per heavy atom. The lowest BCUT2D eigenvalue weighted by molar-refractivity contribution is -0.125. The predicted molar refractivity (Wildman–Crippen MR) is 92.8 cm³/mol. The van der Waals surface area contributed by atoms with Gasteiger partial charge in [-0.1, -0.05) is 13.8 Å². The highest BCUT2D eigenvalue weighted by atomic mass is 32.1. The zero-order valence-electron chi connectivity index (χ0n) is 14.1. The maximum atomic E-state index is 12.5. The molecule has 0 radical (unpaired) electrons. The van der Waals surface area contributed by atoms with Crippen LogP contribution in [0.3, 0.4) is 0 Å². The second-order valence-electron chi connectivity index (χ2n) is 7.14. The summed E-state index contributed by atoms with van der Waals surface area (Å²) >= 11 is 1.64. The third-order valence-corrected chi connectivity index (χ3v) is 5.97. The summed E-state index contributed by atoms with van der Waals surface area (Å²) in [4.78, 5) is 28.9. The molecule has 1 aliphatic heterocycles. The van der Waals surface area contributed by atoms with Crippen LogP contribution in [0.4, 0.5) is 0 Å². The molecular weight excluding hydrogens is 308 g/mol. The van der Waals surface area contributed by atoms with E-state index in [1.165, 1.54) is 10.4 Å². The van der Waals surface area contributed by atoms with E-state index in [9.17, 15) is 9.59 Å². The summed E-state index contributed by atoms with van der Waals surface area (Å²) in [5.74, 6) is 0.889. The van der Waals surface area contributed by atoms with Gasteiger partial charge in [-0.05, 0) is 49.7 Å². The van der Waals surface area contributed by atoms with Gasteiger partial charge in [0.2, 0.25) is 5.91 Å². The van der Waals surface area contributed by atoms with Crippen LogP contribution in [-0.2, 0) is 17.6 Å². The summed E-state index contributed by atoms with van der Waals surface area (Å²) in [6, 6.07) is 2.04. The summed E-state index contributed by atoms with van der Waals surface area (Å²) in [7, 11) is 0. The first kappa shape index (κ1) is 16.5. The minimum atomic E-state index is 0.0607. The lowest BCUT2D eigenvalue weighted by Gasteiger charge is -2.21. The third kappa shape index (κ3) is 3.77. The molecule has 1 aromatic heterocycles. The Hall–Kier alpha value is -1.36. The van der Waals surface area contributed by atoms with Crippen molar-refractivity contribution in [2.24, 2.45) is 11.8 Å². The topological polar surface area (TPSA) is 49.4 Å². The molecule has 0 unspecified atom stereocenters. The Bertz CT molecular complexity index is 588. The fourth-order valence-corrected chi connectivity index (χ4v) is 4.55. The number of hydrogen-bond donors (Lipinski definition) is 1. The van der Waals surface area contributed by atoms with Crippen LogP contribution in [0.15, 0.2) is 6.07 Å². The molecule has 5 heteroatoms. The fourth-order valence-electron chi connectivity index (χ4n) is 3.38. The van der Waals surface area contributed by atoms with Crippen molar-refractivity contribution in [2.45, 2.75) is 46.0 Å². The van der Waals surface area contributed by atoms with Gasteiger partial charge in [0, 0.05) is 30.4 Å². The number of rotatable bonds is 4. The Morgan fingerprint density at radius 3 is 2.78 bits per heavy atom. The van der Waals surface area contributed by atoms with Gasteiger partial charge in [0.1, 0.15) is 0 Å². The molecule has 0 aromatic carbocycles. The van der Waals surface area contributed by atoms with E-state index < -0.39 is 0 Å². The highest BCUT2D eigenvalue weighted by Crippen LogP contribution is 2.33. The Balaban J connectivity index is 1.64. The fraction of sp³-hybridized carbons (Fsp3) is 0.667. The molecular formula is C18H26N2O2S. The minimum absolute atomic E-state index is 0.0607. The quantitative estimate of drug-likeness (QED) is 0.920. The second kappa shape index (κ2) is 7.04. The maximum absolute atomic E-state index is 12.5. The van der Waals surface area contributed by atoms with Crippen LogP contribution in [0.1, 0.15) is 53.2 Å². The lowest BCUT2D eigenvalue weighted by atomic mass is 9.87. The van der Waals surface area contributed by atoms with Gasteiger partial charge in [-0.3, -0.25) is 9.59 Å². The van der Waals surface area contributed by atoms with E-state index in [0.29, 0.717) is 5.92 Å². The molecule has 2 amide bonds. The summed E-state index contributed by atoms with van der Waals surface area (Å²) < 4.78 is 0. The van der Waals surface area contributed by atoms with Crippen LogP contribution < -0.4 is 5.32 Å². The number of amides is 2. The van der Waals surface area contributed by atoms with Gasteiger partial charge >= 0.3 is 0 Å². The highest BCUT2D eigenvalue weighted by Gasteiger charge is 2.29. The number of thiophene rings is 1. The largest absolute Gasteiger partial charge is 0.356 e. The van der Waals surface area contributed by atoms with E-state index in [4.69, 9.17) is 0 Å². The standard InChI is InChI=1S/C18H26N2O2S/c1-12(2)11-19-17(21)13-5-6-15-14(9-13)10-16(23-15)18(22)20-7-3-4-8-20/h10,12-13H,3-9,11H2,1-2H3,(H,19,21)/t13-/m1/s1. The van der Waals surface area contributed by atoms with Crippen molar-refractivity contribution in [1.29, 1.82) is 0 Å². The van der Waals surface area contributed by atoms with Crippen LogP contribution in [0.25, 0.3) is 0 Å². The average molecular weight is 334 g/mol. The summed E-state index contributed by atoms with van der Waals surface area (Å²) in [5.41, 5.74) is 1.22. The molecule has 2 aliphatic rings. The number of carbonyl (C=O) groups is 2. The van der Waals surface area contributed by atoms with Gasteiger partial charge in [0.25, 0.3) is 5.91 Å². The van der Waals surface area contributed by atoms with Gasteiger partial charge in [-0.25, -0.2) is 0 Å². The SMILES string of the molecule is CC(C)CNC(=O)[C@@H]1CCc2sc(C(=O)N3CCCC3)cc2C1. The molecule has 0 bridgehead atoms. The summed E-state index contributed by atoms with van der Waals surface area (Å²) in [5, 5.41) is 3.05. The number of likely N-dealkylation sites (tertiary alicyclic amines) is 1. The molecule has 1 N–H and O–H groups in total. The Labute approximate surface area is 142 Å². The van der Waals surface area contributed by atoms with Gasteiger partial charge in [0.05, 0.1) is 4.88 Å². The van der Waals surface area contributed by atoms with Crippen LogP contribution >= 0.6 is 11.3 Å². The van der Waals surface area contributed by atoms with Gasteiger partial charge in [-0.15, -0.1) is 11.3 Å². The van der Waals surface area contributed by atoms with Crippen LogP contribution in [0.5, 0.6) is 0 Å². The summed E-state index contributed by atoms with van der Waals surface area (Å²) in [6.45, 7) is 6.73. The van der Waals surface area contributed by atoms with Crippen LogP contribution in [0.2, 0.25) is 0 Å². The minimum Gasteiger partial charge on any atom is -0.356 e. The third-order valence-electron chi connectivity index (χ3n) is 4.74. The molecule has 126 valence electrons. The van der Waals surface area contributed by atoms with E-state index in [2.05, 4.69) is 19.2 Å². The molecule has 4 nitrogen and oxygen atoms in total. The first-order valence-electron chi connectivity index (χ1n) is 8.73. The Morgan fingerprint density at radius 1 is 1.35 bits per heavy atom.